The van der Waals surface area contributed by atoms with Gasteiger partial charge in [-0.05, 0) is 55.5 Å². The molecule has 0 fully saturated rings. The maximum absolute atomic E-state index is 14.2. The maximum atomic E-state index is 14.2. The van der Waals surface area contributed by atoms with Gasteiger partial charge in [-0.3, -0.25) is 9.52 Å². The zero-order valence-electron chi connectivity index (χ0n) is 18.9. The Balaban J connectivity index is 2.09. The van der Waals surface area contributed by atoms with E-state index in [9.17, 15) is 35.2 Å². The minimum atomic E-state index is -4.57. The van der Waals surface area contributed by atoms with Crippen LogP contribution in [0.1, 0.15) is 61.7 Å². The molecule has 34 heavy (non-hydrogen) atoms. The van der Waals surface area contributed by atoms with Gasteiger partial charge in [-0.25, -0.2) is 22.2 Å². The molecule has 0 aliphatic carbocycles. The highest BCUT2D eigenvalue weighted by atomic mass is 32.2. The maximum Gasteiger partial charge on any atom is 0.433 e. The zero-order valence-corrected chi connectivity index (χ0v) is 19.7. The summed E-state index contributed by atoms with van der Waals surface area (Å²) in [4.78, 5) is 16.1. The van der Waals surface area contributed by atoms with Gasteiger partial charge in [0.1, 0.15) is 11.4 Å². The van der Waals surface area contributed by atoms with Crippen LogP contribution in [-0.4, -0.2) is 25.6 Å². The fourth-order valence-electron chi connectivity index (χ4n) is 3.25. The van der Waals surface area contributed by atoms with Gasteiger partial charge in [-0.2, -0.15) is 13.2 Å². The summed E-state index contributed by atoms with van der Waals surface area (Å²) in [5.41, 5.74) is -0.923. The molecule has 0 radical (unpaired) electrons. The number of hydrogen-bond acceptors (Lipinski definition) is 4. The Morgan fingerprint density at radius 1 is 1.12 bits per heavy atom. The number of sulfonamides is 1. The van der Waals surface area contributed by atoms with Crippen LogP contribution in [0, 0.1) is 11.6 Å². The lowest BCUT2D eigenvalue weighted by Crippen LogP contribution is -2.27. The number of hydrogen-bond donors (Lipinski definition) is 2. The molecular formula is C22H26F5N3O3S. The van der Waals surface area contributed by atoms with E-state index >= 15 is 0 Å². The van der Waals surface area contributed by atoms with E-state index in [4.69, 9.17) is 0 Å². The highest BCUT2D eigenvalue weighted by Crippen LogP contribution is 2.29. The third-order valence-electron chi connectivity index (χ3n) is 4.98. The Labute approximate surface area is 195 Å². The summed E-state index contributed by atoms with van der Waals surface area (Å²) < 4.78 is 91.6. The van der Waals surface area contributed by atoms with Crippen molar-refractivity contribution in [1.82, 2.24) is 10.3 Å². The number of unbranched alkanes of at least 4 members (excludes halogenated alkanes) is 1. The number of anilines is 1. The van der Waals surface area contributed by atoms with Gasteiger partial charge in [-0.1, -0.05) is 19.4 Å². The smallest absolute Gasteiger partial charge is 0.350 e. The zero-order chi connectivity index (χ0) is 25.7. The summed E-state index contributed by atoms with van der Waals surface area (Å²) in [6.45, 7) is 3.39. The summed E-state index contributed by atoms with van der Waals surface area (Å²) in [6.07, 6.45) is -1.99. The summed E-state index contributed by atoms with van der Waals surface area (Å²) in [7, 11) is -3.90. The van der Waals surface area contributed by atoms with Crippen LogP contribution in [0.25, 0.3) is 0 Å². The van der Waals surface area contributed by atoms with Crippen LogP contribution < -0.4 is 10.0 Å². The summed E-state index contributed by atoms with van der Waals surface area (Å²) in [5, 5.41) is 2.58. The van der Waals surface area contributed by atoms with Gasteiger partial charge < -0.3 is 5.32 Å². The van der Waals surface area contributed by atoms with Crippen molar-refractivity contribution in [2.45, 2.75) is 58.2 Å². The van der Waals surface area contributed by atoms with Crippen molar-refractivity contribution >= 4 is 21.6 Å². The second-order valence-electron chi connectivity index (χ2n) is 7.93. The topological polar surface area (TPSA) is 88.2 Å². The molecular weight excluding hydrogens is 481 g/mol. The Bertz CT molecular complexity index is 1110. The number of pyridine rings is 1. The number of carbonyl (C=O) groups is 1. The van der Waals surface area contributed by atoms with Crippen LogP contribution in [0.2, 0.25) is 0 Å². The van der Waals surface area contributed by atoms with Crippen LogP contribution >= 0.6 is 0 Å². The van der Waals surface area contributed by atoms with Crippen LogP contribution in [0.5, 0.6) is 0 Å². The van der Waals surface area contributed by atoms with Gasteiger partial charge in [0.2, 0.25) is 15.9 Å². The van der Waals surface area contributed by atoms with E-state index in [1.54, 1.807) is 4.72 Å². The number of nitrogens with zero attached hydrogens (tertiary/aromatic N) is 1. The molecule has 1 unspecified atom stereocenters. The van der Waals surface area contributed by atoms with Gasteiger partial charge in [0, 0.05) is 12.1 Å². The molecule has 0 saturated heterocycles. The molecule has 0 saturated carbocycles. The predicted octanol–water partition coefficient (Wildman–Crippen LogP) is 4.90. The molecule has 1 amide bonds. The lowest BCUT2D eigenvalue weighted by molar-refractivity contribution is -0.141. The average Bonchev–Trinajstić information content (AvgIpc) is 2.72. The Morgan fingerprint density at radius 2 is 1.74 bits per heavy atom. The minimum absolute atomic E-state index is 0.0715. The van der Waals surface area contributed by atoms with Gasteiger partial charge >= 0.3 is 6.18 Å². The largest absolute Gasteiger partial charge is 0.433 e. The molecule has 2 aromatic rings. The predicted molar refractivity (Wildman–Crippen MR) is 118 cm³/mol. The number of amides is 1. The molecule has 1 aromatic carbocycles. The van der Waals surface area contributed by atoms with Crippen LogP contribution in [-0.2, 0) is 33.8 Å². The Hall–Kier alpha value is -2.76. The van der Waals surface area contributed by atoms with E-state index < -0.39 is 51.2 Å². The Kier molecular flexibility index (Phi) is 8.98. The summed E-state index contributed by atoms with van der Waals surface area (Å²) in [6, 6.07) is 3.20. The third kappa shape index (κ3) is 7.93. The molecule has 6 nitrogen and oxygen atoms in total. The molecule has 1 atom stereocenters. The number of alkyl halides is 3. The number of rotatable bonds is 10. The van der Waals surface area contributed by atoms with Crippen molar-refractivity contribution < 1.29 is 35.2 Å². The molecule has 0 spiro atoms. The molecule has 2 N–H and O–H groups in total. The van der Waals surface area contributed by atoms with Gasteiger partial charge in [-0.15, -0.1) is 0 Å². The van der Waals surface area contributed by atoms with Crippen molar-refractivity contribution in [2.24, 2.45) is 0 Å². The van der Waals surface area contributed by atoms with Crippen molar-refractivity contribution in [1.29, 1.82) is 0 Å². The molecule has 2 rings (SSSR count). The quantitative estimate of drug-likeness (QED) is 0.448. The van der Waals surface area contributed by atoms with E-state index in [0.29, 0.717) is 18.4 Å². The second kappa shape index (κ2) is 11.1. The van der Waals surface area contributed by atoms with Crippen molar-refractivity contribution in [3.05, 3.63) is 58.4 Å². The number of nitrogens with one attached hydrogen (secondary N) is 2. The highest BCUT2D eigenvalue weighted by Gasteiger charge is 2.33. The normalized spacial score (nSPS) is 12.9. The second-order valence-corrected chi connectivity index (χ2v) is 9.68. The Morgan fingerprint density at radius 3 is 2.26 bits per heavy atom. The first-order valence-electron chi connectivity index (χ1n) is 10.5. The van der Waals surface area contributed by atoms with Gasteiger partial charge in [0.15, 0.2) is 11.6 Å². The molecule has 0 bridgehead atoms. The fraction of sp³-hybridized carbons (Fsp3) is 0.455. The van der Waals surface area contributed by atoms with Crippen LogP contribution in [0.15, 0.2) is 24.3 Å². The van der Waals surface area contributed by atoms with E-state index in [1.807, 2.05) is 6.92 Å². The molecule has 1 heterocycles. The number of benzene rings is 1. The first-order chi connectivity index (χ1) is 15.7. The molecule has 1 aromatic heterocycles. The fourth-order valence-corrected chi connectivity index (χ4v) is 3.81. The first kappa shape index (κ1) is 27.5. The number of halogens is 5. The molecule has 0 aliphatic heterocycles. The number of carbonyl (C=O) groups excluding carboxylic acids is 1. The molecule has 12 heteroatoms. The van der Waals surface area contributed by atoms with Crippen LogP contribution in [0.3, 0.4) is 0 Å². The van der Waals surface area contributed by atoms with E-state index in [0.717, 1.165) is 30.9 Å². The molecule has 0 aliphatic rings. The van der Waals surface area contributed by atoms with Crippen LogP contribution in [0.4, 0.5) is 27.6 Å². The summed E-state index contributed by atoms with van der Waals surface area (Å²) in [5.74, 6) is -2.76. The lowest BCUT2D eigenvalue weighted by Gasteiger charge is -2.17. The van der Waals surface area contributed by atoms with E-state index in [2.05, 4.69) is 10.3 Å². The monoisotopic (exact) mass is 507 g/mol. The van der Waals surface area contributed by atoms with Crippen molar-refractivity contribution in [3.63, 3.8) is 0 Å². The number of aryl methyl sites for hydroxylation is 2. The first-order valence-corrected chi connectivity index (χ1v) is 12.4. The van der Waals surface area contributed by atoms with Crippen molar-refractivity contribution in [3.8, 4) is 0 Å². The SMILES string of the molecule is CCCCc1nc(C(F)(F)F)ccc1CCC(=O)NC(C)c1cc(F)c(NS(C)(=O)=O)c(F)c1. The van der Waals surface area contributed by atoms with Gasteiger partial charge in [0.25, 0.3) is 0 Å². The lowest BCUT2D eigenvalue weighted by atomic mass is 10.0. The molecule has 188 valence electrons. The highest BCUT2D eigenvalue weighted by molar-refractivity contribution is 7.92. The van der Waals surface area contributed by atoms with Crippen molar-refractivity contribution in [2.75, 3.05) is 11.0 Å². The number of aromatic nitrogens is 1. The van der Waals surface area contributed by atoms with E-state index in [-0.39, 0.29) is 24.1 Å². The summed E-state index contributed by atoms with van der Waals surface area (Å²) >= 11 is 0. The average molecular weight is 508 g/mol. The third-order valence-corrected chi connectivity index (χ3v) is 5.55. The van der Waals surface area contributed by atoms with Gasteiger partial charge in [0.05, 0.1) is 12.3 Å². The standard InChI is InChI=1S/C22H26F5N3O3S/c1-4-5-6-18-14(7-9-19(29-18)22(25,26)27)8-10-20(31)28-13(2)15-11-16(23)21(17(24)12-15)30-34(3,32)33/h7,9,11-13,30H,4-6,8,10H2,1-3H3,(H,28,31). The van der Waals surface area contributed by atoms with E-state index in [1.165, 1.54) is 13.0 Å². The minimum Gasteiger partial charge on any atom is -0.350 e.